The average molecular weight is 354 g/mol. The molecule has 1 aromatic rings. The van der Waals surface area contributed by atoms with Gasteiger partial charge in [0.15, 0.2) is 0 Å². The molecule has 132 valence electrons. The maximum atomic E-state index is 12.4. The average Bonchev–Trinajstić information content (AvgIpc) is 2.81. The molecule has 0 radical (unpaired) electrons. The molecule has 6 nitrogen and oxygen atoms in total. The number of nitrogens with zero attached hydrogens (tertiary/aromatic N) is 2. The van der Waals surface area contributed by atoms with E-state index in [9.17, 15) is 9.59 Å². The molecule has 2 rings (SSSR count). The number of hydrogen-bond acceptors (Lipinski definition) is 3. The molecule has 0 saturated carbocycles. The van der Waals surface area contributed by atoms with Crippen molar-refractivity contribution in [1.29, 1.82) is 0 Å². The number of anilines is 1. The molecule has 0 bridgehead atoms. The number of urea groups is 1. The number of benzene rings is 1. The van der Waals surface area contributed by atoms with Crippen LogP contribution in [0.3, 0.4) is 0 Å². The van der Waals surface area contributed by atoms with Crippen LogP contribution in [0.15, 0.2) is 24.3 Å². The third-order valence-corrected chi connectivity index (χ3v) is 4.31. The Morgan fingerprint density at radius 3 is 2.67 bits per heavy atom. The van der Waals surface area contributed by atoms with E-state index in [1.165, 1.54) is 0 Å². The summed E-state index contributed by atoms with van der Waals surface area (Å²) in [6.45, 7) is 4.21. The Morgan fingerprint density at radius 1 is 1.25 bits per heavy atom. The lowest BCUT2D eigenvalue weighted by Gasteiger charge is -2.23. The van der Waals surface area contributed by atoms with Crippen molar-refractivity contribution in [2.24, 2.45) is 0 Å². The van der Waals surface area contributed by atoms with Crippen molar-refractivity contribution in [1.82, 2.24) is 9.80 Å². The van der Waals surface area contributed by atoms with Gasteiger partial charge in [-0.1, -0.05) is 17.7 Å². The highest BCUT2D eigenvalue weighted by atomic mass is 35.5. The van der Waals surface area contributed by atoms with Crippen molar-refractivity contribution >= 4 is 29.2 Å². The van der Waals surface area contributed by atoms with Crippen LogP contribution >= 0.6 is 11.6 Å². The lowest BCUT2D eigenvalue weighted by atomic mass is 10.2. The number of nitrogens with one attached hydrogen (secondary N) is 1. The number of rotatable bonds is 4. The molecule has 1 N–H and O–H groups in total. The topological polar surface area (TPSA) is 61.9 Å². The van der Waals surface area contributed by atoms with Gasteiger partial charge in [0.2, 0.25) is 5.91 Å². The first-order chi connectivity index (χ1) is 11.5. The van der Waals surface area contributed by atoms with Gasteiger partial charge in [0, 0.05) is 44.0 Å². The van der Waals surface area contributed by atoms with E-state index in [2.05, 4.69) is 5.32 Å². The predicted octanol–water partition coefficient (Wildman–Crippen LogP) is 2.83. The van der Waals surface area contributed by atoms with Crippen LogP contribution in [0.1, 0.15) is 19.8 Å². The third kappa shape index (κ3) is 5.39. The number of amides is 3. The number of carbonyl (C=O) groups excluding carboxylic acids is 2. The molecule has 24 heavy (non-hydrogen) atoms. The zero-order valence-electron chi connectivity index (χ0n) is 14.1. The van der Waals surface area contributed by atoms with Crippen LogP contribution < -0.4 is 5.32 Å². The van der Waals surface area contributed by atoms with Gasteiger partial charge in [-0.05, 0) is 31.5 Å². The normalized spacial score (nSPS) is 16.5. The van der Waals surface area contributed by atoms with E-state index in [0.717, 1.165) is 6.42 Å². The van der Waals surface area contributed by atoms with Gasteiger partial charge < -0.3 is 19.9 Å². The van der Waals surface area contributed by atoms with E-state index in [-0.39, 0.29) is 18.0 Å². The second kappa shape index (κ2) is 8.89. The van der Waals surface area contributed by atoms with Crippen molar-refractivity contribution in [3.63, 3.8) is 0 Å². The van der Waals surface area contributed by atoms with Crippen LogP contribution in [0.2, 0.25) is 5.02 Å². The number of hydrogen-bond donors (Lipinski definition) is 1. The summed E-state index contributed by atoms with van der Waals surface area (Å²) in [7, 11) is 1.60. The Morgan fingerprint density at radius 2 is 1.96 bits per heavy atom. The lowest BCUT2D eigenvalue weighted by Crippen LogP contribution is -2.39. The first kappa shape index (κ1) is 18.5. The summed E-state index contributed by atoms with van der Waals surface area (Å²) in [6.07, 6.45) is 1.03. The standard InChI is InChI=1S/C17H24ClN3O3/c1-13(24-2)11-16(22)20-7-4-8-21(10-9-20)17(23)19-15-6-3-5-14(18)12-15/h3,5-6,12-13H,4,7-11H2,1-2H3,(H,19,23). The third-order valence-electron chi connectivity index (χ3n) is 4.08. The number of ether oxygens (including phenoxy) is 1. The van der Waals surface area contributed by atoms with Crippen LogP contribution in [0.5, 0.6) is 0 Å². The van der Waals surface area contributed by atoms with Gasteiger partial charge in [-0.2, -0.15) is 0 Å². The van der Waals surface area contributed by atoms with Crippen LogP contribution in [0.25, 0.3) is 0 Å². The molecule has 1 heterocycles. The smallest absolute Gasteiger partial charge is 0.321 e. The minimum atomic E-state index is -0.170. The van der Waals surface area contributed by atoms with Crippen molar-refractivity contribution in [3.05, 3.63) is 29.3 Å². The summed E-state index contributed by atoms with van der Waals surface area (Å²) in [5.74, 6) is 0.0708. The highest BCUT2D eigenvalue weighted by Gasteiger charge is 2.23. The van der Waals surface area contributed by atoms with Gasteiger partial charge in [0.1, 0.15) is 0 Å². The number of methoxy groups -OCH3 is 1. The highest BCUT2D eigenvalue weighted by molar-refractivity contribution is 6.30. The van der Waals surface area contributed by atoms with Crippen LogP contribution in [-0.2, 0) is 9.53 Å². The highest BCUT2D eigenvalue weighted by Crippen LogP contribution is 2.16. The molecule has 1 aliphatic rings. The molecule has 1 aliphatic heterocycles. The van der Waals surface area contributed by atoms with Crippen LogP contribution in [0, 0.1) is 0 Å². The van der Waals surface area contributed by atoms with Crippen molar-refractivity contribution in [3.8, 4) is 0 Å². The lowest BCUT2D eigenvalue weighted by molar-refractivity contribution is -0.133. The van der Waals surface area contributed by atoms with Crippen molar-refractivity contribution < 1.29 is 14.3 Å². The Kier molecular flexibility index (Phi) is 6.87. The largest absolute Gasteiger partial charge is 0.381 e. The minimum Gasteiger partial charge on any atom is -0.381 e. The van der Waals surface area contributed by atoms with Gasteiger partial charge >= 0.3 is 6.03 Å². The Labute approximate surface area is 147 Å². The molecular formula is C17H24ClN3O3. The Bertz CT molecular complexity index is 582. The van der Waals surface area contributed by atoms with Gasteiger partial charge in [0.05, 0.1) is 12.5 Å². The zero-order chi connectivity index (χ0) is 17.5. The second-order valence-corrected chi connectivity index (χ2v) is 6.35. The molecule has 0 aromatic heterocycles. The molecule has 1 aromatic carbocycles. The first-order valence-corrected chi connectivity index (χ1v) is 8.49. The monoisotopic (exact) mass is 353 g/mol. The fourth-order valence-electron chi connectivity index (χ4n) is 2.60. The maximum Gasteiger partial charge on any atom is 0.321 e. The fraction of sp³-hybridized carbons (Fsp3) is 0.529. The molecular weight excluding hydrogens is 330 g/mol. The number of carbonyl (C=O) groups is 2. The summed E-state index contributed by atoms with van der Waals surface area (Å²) in [4.78, 5) is 28.2. The van der Waals surface area contributed by atoms with Crippen LogP contribution in [-0.4, -0.2) is 61.1 Å². The van der Waals surface area contributed by atoms with E-state index in [1.54, 1.807) is 36.3 Å². The van der Waals surface area contributed by atoms with Crippen LogP contribution in [0.4, 0.5) is 10.5 Å². The Balaban J connectivity index is 1.88. The van der Waals surface area contributed by atoms with E-state index < -0.39 is 0 Å². The first-order valence-electron chi connectivity index (χ1n) is 8.11. The predicted molar refractivity (Wildman–Crippen MR) is 94.3 cm³/mol. The van der Waals surface area contributed by atoms with E-state index >= 15 is 0 Å². The zero-order valence-corrected chi connectivity index (χ0v) is 14.9. The SMILES string of the molecule is COC(C)CC(=O)N1CCCN(C(=O)Nc2cccc(Cl)c2)CC1. The molecule has 1 unspecified atom stereocenters. The fourth-order valence-corrected chi connectivity index (χ4v) is 2.79. The molecule has 1 saturated heterocycles. The molecule has 7 heteroatoms. The summed E-state index contributed by atoms with van der Waals surface area (Å²) in [5, 5.41) is 3.42. The molecule has 1 atom stereocenters. The van der Waals surface area contributed by atoms with E-state index in [1.807, 2.05) is 11.8 Å². The van der Waals surface area contributed by atoms with Gasteiger partial charge in [0.25, 0.3) is 0 Å². The Hall–Kier alpha value is -1.79. The summed E-state index contributed by atoms with van der Waals surface area (Å²) < 4.78 is 5.15. The molecule has 0 aliphatic carbocycles. The number of halogens is 1. The summed E-state index contributed by atoms with van der Waals surface area (Å²) in [5.41, 5.74) is 0.665. The minimum absolute atomic E-state index is 0.0708. The molecule has 1 fully saturated rings. The summed E-state index contributed by atoms with van der Waals surface area (Å²) >= 11 is 5.93. The second-order valence-electron chi connectivity index (χ2n) is 5.91. The van der Waals surface area contributed by atoms with Gasteiger partial charge in [-0.25, -0.2) is 4.79 Å². The quantitative estimate of drug-likeness (QED) is 0.905. The van der Waals surface area contributed by atoms with E-state index in [0.29, 0.717) is 43.3 Å². The van der Waals surface area contributed by atoms with Crippen molar-refractivity contribution in [2.45, 2.75) is 25.9 Å². The van der Waals surface area contributed by atoms with E-state index in [4.69, 9.17) is 16.3 Å². The van der Waals surface area contributed by atoms with Gasteiger partial charge in [-0.15, -0.1) is 0 Å². The van der Waals surface area contributed by atoms with Crippen molar-refractivity contribution in [2.75, 3.05) is 38.6 Å². The summed E-state index contributed by atoms with van der Waals surface area (Å²) in [6, 6.07) is 6.88. The maximum absolute atomic E-state index is 12.4. The molecule has 3 amide bonds. The van der Waals surface area contributed by atoms with Gasteiger partial charge in [-0.3, -0.25) is 4.79 Å². The molecule has 0 spiro atoms.